The summed E-state index contributed by atoms with van der Waals surface area (Å²) in [6.07, 6.45) is 5.11. The first-order valence-corrected chi connectivity index (χ1v) is 9.40. The maximum Gasteiger partial charge on any atom is 0.0288 e. The SMILES string of the molecule is CCCNC(Cc1cc(Br)cs1)C1(C)CCCS1. The van der Waals surface area contributed by atoms with E-state index in [4.69, 9.17) is 0 Å². The van der Waals surface area contributed by atoms with Crippen LogP contribution in [0, 0.1) is 0 Å². The van der Waals surface area contributed by atoms with Crippen LogP contribution >= 0.6 is 39.0 Å². The molecule has 0 radical (unpaired) electrons. The van der Waals surface area contributed by atoms with Crippen LogP contribution in [0.4, 0.5) is 0 Å². The molecule has 0 aromatic carbocycles. The van der Waals surface area contributed by atoms with Crippen molar-refractivity contribution in [1.29, 1.82) is 0 Å². The molecule has 2 atom stereocenters. The van der Waals surface area contributed by atoms with Gasteiger partial charge < -0.3 is 5.32 Å². The van der Waals surface area contributed by atoms with Crippen molar-refractivity contribution in [3.63, 3.8) is 0 Å². The highest BCUT2D eigenvalue weighted by molar-refractivity contribution is 9.10. The monoisotopic (exact) mass is 347 g/mol. The lowest BCUT2D eigenvalue weighted by Crippen LogP contribution is -2.46. The average Bonchev–Trinajstić information content (AvgIpc) is 2.94. The van der Waals surface area contributed by atoms with Gasteiger partial charge in [0.2, 0.25) is 0 Å². The molecule has 2 rings (SSSR count). The zero-order chi connectivity index (χ0) is 13.0. The fraction of sp³-hybridized carbons (Fsp3) is 0.714. The molecule has 1 aromatic rings. The first-order valence-electron chi connectivity index (χ1n) is 6.74. The Morgan fingerprint density at radius 2 is 2.39 bits per heavy atom. The van der Waals surface area contributed by atoms with Crippen molar-refractivity contribution >= 4 is 39.0 Å². The third kappa shape index (κ3) is 3.75. The molecular weight excluding hydrogens is 326 g/mol. The second-order valence-corrected chi connectivity index (χ2v) is 8.75. The summed E-state index contributed by atoms with van der Waals surface area (Å²) < 4.78 is 1.65. The summed E-state index contributed by atoms with van der Waals surface area (Å²) in [7, 11) is 0. The van der Waals surface area contributed by atoms with Gasteiger partial charge >= 0.3 is 0 Å². The van der Waals surface area contributed by atoms with E-state index in [2.05, 4.69) is 58.3 Å². The number of nitrogens with one attached hydrogen (secondary N) is 1. The van der Waals surface area contributed by atoms with Crippen LogP contribution in [0.25, 0.3) is 0 Å². The molecule has 1 aliphatic rings. The molecule has 2 heterocycles. The van der Waals surface area contributed by atoms with Gasteiger partial charge in [-0.25, -0.2) is 0 Å². The molecule has 0 amide bonds. The van der Waals surface area contributed by atoms with Gasteiger partial charge in [-0.15, -0.1) is 11.3 Å². The maximum atomic E-state index is 3.78. The average molecular weight is 348 g/mol. The second kappa shape index (κ2) is 6.78. The van der Waals surface area contributed by atoms with Gasteiger partial charge in [-0.2, -0.15) is 11.8 Å². The van der Waals surface area contributed by atoms with Crippen LogP contribution in [0.5, 0.6) is 0 Å². The van der Waals surface area contributed by atoms with E-state index in [-0.39, 0.29) is 0 Å². The highest BCUT2D eigenvalue weighted by Gasteiger charge is 2.37. The number of thiophene rings is 1. The first kappa shape index (κ1) is 14.9. The maximum absolute atomic E-state index is 3.78. The Bertz CT molecular complexity index is 372. The predicted octanol–water partition coefficient (Wildman–Crippen LogP) is 4.71. The van der Waals surface area contributed by atoms with Crippen LogP contribution in [-0.4, -0.2) is 23.1 Å². The number of halogens is 1. The molecule has 102 valence electrons. The summed E-state index contributed by atoms with van der Waals surface area (Å²) in [6.45, 7) is 5.82. The van der Waals surface area contributed by atoms with E-state index in [0.29, 0.717) is 10.8 Å². The first-order chi connectivity index (χ1) is 8.64. The molecule has 2 unspecified atom stereocenters. The Hall–Kier alpha value is 0.490. The zero-order valence-corrected chi connectivity index (χ0v) is 14.4. The van der Waals surface area contributed by atoms with Gasteiger partial charge in [-0.1, -0.05) is 6.92 Å². The van der Waals surface area contributed by atoms with Crippen LogP contribution in [0.3, 0.4) is 0 Å². The van der Waals surface area contributed by atoms with E-state index < -0.39 is 0 Å². The van der Waals surface area contributed by atoms with Gasteiger partial charge in [0, 0.05) is 25.5 Å². The van der Waals surface area contributed by atoms with E-state index in [1.807, 2.05) is 11.3 Å². The zero-order valence-electron chi connectivity index (χ0n) is 11.2. The largest absolute Gasteiger partial charge is 0.312 e. The lowest BCUT2D eigenvalue weighted by molar-refractivity contribution is 0.400. The van der Waals surface area contributed by atoms with Crippen LogP contribution in [0.15, 0.2) is 15.9 Å². The molecule has 18 heavy (non-hydrogen) atoms. The molecule has 1 aliphatic heterocycles. The Morgan fingerprint density at radius 3 is 2.94 bits per heavy atom. The van der Waals surface area contributed by atoms with Crippen molar-refractivity contribution in [3.8, 4) is 0 Å². The van der Waals surface area contributed by atoms with Crippen LogP contribution < -0.4 is 5.32 Å². The van der Waals surface area contributed by atoms with Gasteiger partial charge in [0.15, 0.2) is 0 Å². The van der Waals surface area contributed by atoms with Crippen LogP contribution in [0.1, 0.15) is 38.0 Å². The summed E-state index contributed by atoms with van der Waals surface area (Å²) in [5, 5.41) is 5.97. The standard InChI is InChI=1S/C14H22BrNS2/c1-3-6-16-13(14(2)5-4-7-18-14)9-12-8-11(15)10-17-12/h8,10,13,16H,3-7,9H2,1-2H3. The summed E-state index contributed by atoms with van der Waals surface area (Å²) >= 11 is 7.59. The van der Waals surface area contributed by atoms with Crippen LogP contribution in [-0.2, 0) is 6.42 Å². The van der Waals surface area contributed by atoms with Crippen molar-refractivity contribution in [2.24, 2.45) is 0 Å². The molecule has 1 aromatic heterocycles. The summed E-state index contributed by atoms with van der Waals surface area (Å²) in [4.78, 5) is 1.49. The molecule has 1 N–H and O–H groups in total. The molecule has 4 heteroatoms. The lowest BCUT2D eigenvalue weighted by Gasteiger charge is -2.34. The van der Waals surface area contributed by atoms with Crippen LogP contribution in [0.2, 0.25) is 0 Å². The summed E-state index contributed by atoms with van der Waals surface area (Å²) in [6, 6.07) is 2.88. The molecule has 1 nitrogen and oxygen atoms in total. The molecule has 0 aliphatic carbocycles. The lowest BCUT2D eigenvalue weighted by atomic mass is 9.93. The minimum absolute atomic E-state index is 0.422. The van der Waals surface area contributed by atoms with E-state index >= 15 is 0 Å². The second-order valence-electron chi connectivity index (χ2n) is 5.21. The fourth-order valence-electron chi connectivity index (χ4n) is 2.56. The van der Waals surface area contributed by atoms with Gasteiger partial charge in [0.05, 0.1) is 0 Å². The van der Waals surface area contributed by atoms with Gasteiger partial charge in [-0.3, -0.25) is 0 Å². The highest BCUT2D eigenvalue weighted by atomic mass is 79.9. The van der Waals surface area contributed by atoms with Crippen molar-refractivity contribution < 1.29 is 0 Å². The summed E-state index contributed by atoms with van der Waals surface area (Å²) in [5.74, 6) is 1.33. The highest BCUT2D eigenvalue weighted by Crippen LogP contribution is 2.41. The molecule has 1 saturated heterocycles. The molecule has 1 fully saturated rings. The number of hydrogen-bond acceptors (Lipinski definition) is 3. The van der Waals surface area contributed by atoms with Gasteiger partial charge in [-0.05, 0) is 66.9 Å². The van der Waals surface area contributed by atoms with Crippen molar-refractivity contribution in [3.05, 3.63) is 20.8 Å². The fourth-order valence-corrected chi connectivity index (χ4v) is 5.47. The quantitative estimate of drug-likeness (QED) is 0.799. The third-order valence-electron chi connectivity index (χ3n) is 3.65. The minimum Gasteiger partial charge on any atom is -0.312 e. The Labute approximate surface area is 127 Å². The topological polar surface area (TPSA) is 12.0 Å². The van der Waals surface area contributed by atoms with Gasteiger partial charge in [0.25, 0.3) is 0 Å². The Balaban J connectivity index is 2.04. The van der Waals surface area contributed by atoms with E-state index in [1.54, 1.807) is 0 Å². The van der Waals surface area contributed by atoms with E-state index in [9.17, 15) is 0 Å². The van der Waals surface area contributed by atoms with Gasteiger partial charge in [0.1, 0.15) is 0 Å². The number of thioether (sulfide) groups is 1. The smallest absolute Gasteiger partial charge is 0.0288 e. The summed E-state index contributed by atoms with van der Waals surface area (Å²) in [5.41, 5.74) is 0. The normalized spacial score (nSPS) is 25.5. The Kier molecular flexibility index (Phi) is 5.61. The van der Waals surface area contributed by atoms with Crippen molar-refractivity contribution in [2.75, 3.05) is 12.3 Å². The minimum atomic E-state index is 0.422. The predicted molar refractivity (Wildman–Crippen MR) is 87.9 cm³/mol. The number of hydrogen-bond donors (Lipinski definition) is 1. The van der Waals surface area contributed by atoms with Crippen molar-refractivity contribution in [2.45, 2.75) is 50.3 Å². The van der Waals surface area contributed by atoms with Crippen molar-refractivity contribution in [1.82, 2.24) is 5.32 Å². The molecule has 0 saturated carbocycles. The molecular formula is C14H22BrNS2. The van der Waals surface area contributed by atoms with E-state index in [0.717, 1.165) is 6.54 Å². The molecule has 0 spiro atoms. The molecule has 0 bridgehead atoms. The van der Waals surface area contributed by atoms with E-state index in [1.165, 1.54) is 40.8 Å². The number of rotatable bonds is 6. The Morgan fingerprint density at radius 1 is 1.56 bits per heavy atom. The third-order valence-corrected chi connectivity index (χ3v) is 7.02.